The number of halogens is 3. The second kappa shape index (κ2) is 9.20. The first kappa shape index (κ1) is 20.1. The molecule has 0 aliphatic heterocycles. The lowest BCUT2D eigenvalue weighted by Gasteiger charge is -2.09. The molecule has 0 bridgehead atoms. The molecule has 0 atom stereocenters. The summed E-state index contributed by atoms with van der Waals surface area (Å²) >= 11 is 3.42. The molecule has 1 aromatic carbocycles. The highest BCUT2D eigenvalue weighted by Crippen LogP contribution is 2.22. The fourth-order valence-corrected chi connectivity index (χ4v) is 2.27. The van der Waals surface area contributed by atoms with Crippen LogP contribution in [0.3, 0.4) is 0 Å². The molecule has 2 rings (SSSR count). The summed E-state index contributed by atoms with van der Waals surface area (Å²) in [5.41, 5.74) is 2.34. The van der Waals surface area contributed by atoms with Crippen LogP contribution in [0.5, 0.6) is 0 Å². The molecular formula is C14H18BrCl2N3O. The van der Waals surface area contributed by atoms with Gasteiger partial charge in [0.25, 0.3) is 5.91 Å². The van der Waals surface area contributed by atoms with E-state index in [9.17, 15) is 4.79 Å². The summed E-state index contributed by atoms with van der Waals surface area (Å²) in [6, 6.07) is 7.58. The Morgan fingerprint density at radius 3 is 2.62 bits per heavy atom. The Labute approximate surface area is 145 Å². The van der Waals surface area contributed by atoms with Gasteiger partial charge in [0.2, 0.25) is 0 Å². The first-order chi connectivity index (χ1) is 9.11. The van der Waals surface area contributed by atoms with Gasteiger partial charge in [-0.15, -0.1) is 24.8 Å². The molecule has 116 valence electrons. The van der Waals surface area contributed by atoms with Crippen LogP contribution in [-0.4, -0.2) is 31.0 Å². The van der Waals surface area contributed by atoms with Crippen LogP contribution in [-0.2, 0) is 0 Å². The second-order valence-electron chi connectivity index (χ2n) is 4.33. The number of aryl methyl sites for hydroxylation is 1. The molecule has 2 aromatic rings. The number of nitrogens with one attached hydrogen (secondary N) is 2. The Kier molecular flexibility index (Phi) is 8.82. The summed E-state index contributed by atoms with van der Waals surface area (Å²) in [7, 11) is 1.86. The average molecular weight is 395 g/mol. The molecule has 0 aliphatic rings. The minimum Gasteiger partial charge on any atom is -0.351 e. The molecule has 4 nitrogen and oxygen atoms in total. The second-order valence-corrected chi connectivity index (χ2v) is 5.25. The van der Waals surface area contributed by atoms with Gasteiger partial charge in [-0.2, -0.15) is 0 Å². The molecule has 0 fully saturated rings. The quantitative estimate of drug-likeness (QED) is 0.783. The first-order valence-corrected chi connectivity index (χ1v) is 6.91. The van der Waals surface area contributed by atoms with E-state index < -0.39 is 0 Å². The molecule has 1 aromatic heterocycles. The predicted molar refractivity (Wildman–Crippen MR) is 94.9 cm³/mol. The van der Waals surface area contributed by atoms with Crippen LogP contribution >= 0.6 is 40.7 Å². The largest absolute Gasteiger partial charge is 0.351 e. The van der Waals surface area contributed by atoms with Gasteiger partial charge in [0.15, 0.2) is 0 Å². The molecule has 0 aliphatic carbocycles. The lowest BCUT2D eigenvalue weighted by atomic mass is 10.1. The topological polar surface area (TPSA) is 54.0 Å². The van der Waals surface area contributed by atoms with Gasteiger partial charge in [0.1, 0.15) is 0 Å². The molecule has 1 amide bonds. The van der Waals surface area contributed by atoms with Crippen LogP contribution in [0.4, 0.5) is 0 Å². The van der Waals surface area contributed by atoms with Gasteiger partial charge in [0, 0.05) is 28.6 Å². The summed E-state index contributed by atoms with van der Waals surface area (Å²) in [5, 5.41) is 6.76. The van der Waals surface area contributed by atoms with Crippen molar-refractivity contribution in [3.05, 3.63) is 40.0 Å². The SMILES string of the molecule is CNCCNC(=O)c1cc(C)nc2cc(Br)ccc12.Cl.Cl. The monoisotopic (exact) mass is 393 g/mol. The van der Waals surface area contributed by atoms with Crippen molar-refractivity contribution in [1.82, 2.24) is 15.6 Å². The Morgan fingerprint density at radius 2 is 1.95 bits per heavy atom. The third-order valence-electron chi connectivity index (χ3n) is 2.81. The third-order valence-corrected chi connectivity index (χ3v) is 3.30. The van der Waals surface area contributed by atoms with Crippen LogP contribution in [0.25, 0.3) is 10.9 Å². The molecule has 0 unspecified atom stereocenters. The standard InChI is InChI=1S/C14H16BrN3O.2ClH/c1-9-7-12(14(19)17-6-5-16-2)11-4-3-10(15)8-13(11)18-9;;/h3-4,7-8,16H,5-6H2,1-2H3,(H,17,19);2*1H. The van der Waals surface area contributed by atoms with Crippen LogP contribution in [0, 0.1) is 6.92 Å². The van der Waals surface area contributed by atoms with Crippen molar-refractivity contribution >= 4 is 57.6 Å². The van der Waals surface area contributed by atoms with Crippen molar-refractivity contribution in [3.8, 4) is 0 Å². The molecular weight excluding hydrogens is 377 g/mol. The Morgan fingerprint density at radius 1 is 1.24 bits per heavy atom. The number of carbonyl (C=O) groups excluding carboxylic acids is 1. The van der Waals surface area contributed by atoms with Crippen molar-refractivity contribution in [3.63, 3.8) is 0 Å². The number of carbonyl (C=O) groups is 1. The fourth-order valence-electron chi connectivity index (χ4n) is 1.92. The molecule has 7 heteroatoms. The van der Waals surface area contributed by atoms with Gasteiger partial charge in [0.05, 0.1) is 11.1 Å². The number of likely N-dealkylation sites (N-methyl/N-ethyl adjacent to an activating group) is 1. The lowest BCUT2D eigenvalue weighted by Crippen LogP contribution is -2.30. The Hall–Kier alpha value is -0.880. The van der Waals surface area contributed by atoms with E-state index in [1.165, 1.54) is 0 Å². The number of aromatic nitrogens is 1. The van der Waals surface area contributed by atoms with E-state index in [-0.39, 0.29) is 30.7 Å². The average Bonchev–Trinajstić information content (AvgIpc) is 2.37. The van der Waals surface area contributed by atoms with E-state index in [1.807, 2.05) is 38.2 Å². The van der Waals surface area contributed by atoms with E-state index >= 15 is 0 Å². The summed E-state index contributed by atoms with van der Waals surface area (Å²) in [6.45, 7) is 3.25. The van der Waals surface area contributed by atoms with Crippen LogP contribution < -0.4 is 10.6 Å². The van der Waals surface area contributed by atoms with Gasteiger partial charge in [-0.1, -0.05) is 22.0 Å². The molecule has 21 heavy (non-hydrogen) atoms. The molecule has 0 spiro atoms. The maximum atomic E-state index is 12.2. The van der Waals surface area contributed by atoms with Crippen LogP contribution in [0.1, 0.15) is 16.1 Å². The minimum atomic E-state index is -0.0620. The molecule has 0 saturated heterocycles. The maximum Gasteiger partial charge on any atom is 0.252 e. The highest BCUT2D eigenvalue weighted by Gasteiger charge is 2.11. The number of hydrogen-bond donors (Lipinski definition) is 2. The van der Waals surface area contributed by atoms with Crippen molar-refractivity contribution < 1.29 is 4.79 Å². The summed E-state index contributed by atoms with van der Waals surface area (Å²) in [4.78, 5) is 16.6. The number of fused-ring (bicyclic) bond motifs is 1. The fraction of sp³-hybridized carbons (Fsp3) is 0.286. The zero-order valence-electron chi connectivity index (χ0n) is 11.8. The third kappa shape index (κ3) is 5.11. The molecule has 1 heterocycles. The Bertz CT molecular complexity index is 617. The summed E-state index contributed by atoms with van der Waals surface area (Å²) < 4.78 is 0.958. The van der Waals surface area contributed by atoms with E-state index in [1.54, 1.807) is 0 Å². The summed E-state index contributed by atoms with van der Waals surface area (Å²) in [6.07, 6.45) is 0. The summed E-state index contributed by atoms with van der Waals surface area (Å²) in [5.74, 6) is -0.0620. The van der Waals surface area contributed by atoms with E-state index in [0.29, 0.717) is 12.1 Å². The zero-order chi connectivity index (χ0) is 13.8. The maximum absolute atomic E-state index is 12.2. The minimum absolute atomic E-state index is 0. The molecule has 2 N–H and O–H groups in total. The van der Waals surface area contributed by atoms with Gasteiger partial charge >= 0.3 is 0 Å². The van der Waals surface area contributed by atoms with Crippen molar-refractivity contribution in [1.29, 1.82) is 0 Å². The highest BCUT2D eigenvalue weighted by molar-refractivity contribution is 9.10. The van der Waals surface area contributed by atoms with Gasteiger partial charge in [-0.05, 0) is 32.2 Å². The number of rotatable bonds is 4. The van der Waals surface area contributed by atoms with Gasteiger partial charge < -0.3 is 10.6 Å². The van der Waals surface area contributed by atoms with E-state index in [4.69, 9.17) is 0 Å². The lowest BCUT2D eigenvalue weighted by molar-refractivity contribution is 0.0955. The smallest absolute Gasteiger partial charge is 0.252 e. The van der Waals surface area contributed by atoms with E-state index in [0.717, 1.165) is 27.6 Å². The zero-order valence-corrected chi connectivity index (χ0v) is 15.0. The van der Waals surface area contributed by atoms with E-state index in [2.05, 4.69) is 31.5 Å². The number of amides is 1. The predicted octanol–water partition coefficient (Wildman–Crippen LogP) is 3.10. The van der Waals surface area contributed by atoms with Crippen LogP contribution in [0.2, 0.25) is 0 Å². The van der Waals surface area contributed by atoms with Crippen LogP contribution in [0.15, 0.2) is 28.7 Å². The van der Waals surface area contributed by atoms with Crippen molar-refractivity contribution in [2.75, 3.05) is 20.1 Å². The number of nitrogens with zero attached hydrogens (tertiary/aromatic N) is 1. The van der Waals surface area contributed by atoms with Gasteiger partial charge in [-0.25, -0.2) is 0 Å². The normalized spacial score (nSPS) is 9.67. The number of hydrogen-bond acceptors (Lipinski definition) is 3. The molecule has 0 saturated carbocycles. The van der Waals surface area contributed by atoms with Crippen molar-refractivity contribution in [2.45, 2.75) is 6.92 Å². The number of pyridine rings is 1. The Balaban J connectivity index is 0.00000200. The number of benzene rings is 1. The van der Waals surface area contributed by atoms with Crippen molar-refractivity contribution in [2.24, 2.45) is 0 Å². The molecule has 0 radical (unpaired) electrons. The van der Waals surface area contributed by atoms with Gasteiger partial charge in [-0.3, -0.25) is 9.78 Å². The highest BCUT2D eigenvalue weighted by atomic mass is 79.9. The first-order valence-electron chi connectivity index (χ1n) is 6.11.